The number of benzene rings is 1. The van der Waals surface area contributed by atoms with Crippen molar-refractivity contribution < 1.29 is 0 Å². The molecule has 0 aliphatic rings. The van der Waals surface area contributed by atoms with Gasteiger partial charge in [0.1, 0.15) is 0 Å². The van der Waals surface area contributed by atoms with Crippen LogP contribution in [0.4, 0.5) is 0 Å². The Bertz CT molecular complexity index is 649. The Hall–Kier alpha value is -1.42. The van der Waals surface area contributed by atoms with E-state index in [1.807, 2.05) is 0 Å². The molecule has 1 aromatic carbocycles. The molecule has 0 saturated carbocycles. The number of nitrogen functional groups attached to an aromatic ring is 1. The molecule has 0 bridgehead atoms. The molecule has 2 rings (SSSR count). The third-order valence-electron chi connectivity index (χ3n) is 2.30. The maximum atomic E-state index is 8.78. The number of aromatic nitrogens is 3. The van der Waals surface area contributed by atoms with Crippen molar-refractivity contribution in [3.05, 3.63) is 28.2 Å². The van der Waals surface area contributed by atoms with Gasteiger partial charge in [-0.1, -0.05) is 35.0 Å². The van der Waals surface area contributed by atoms with Crippen molar-refractivity contribution in [1.82, 2.24) is 14.9 Å². The van der Waals surface area contributed by atoms with Crippen molar-refractivity contribution in [2.75, 3.05) is 5.84 Å². The number of nitrogens with two attached hydrogens (primary N) is 1. The first-order chi connectivity index (χ1) is 9.02. The van der Waals surface area contributed by atoms with Crippen LogP contribution < -0.4 is 5.84 Å². The molecule has 5 nitrogen and oxygen atoms in total. The summed E-state index contributed by atoms with van der Waals surface area (Å²) in [4.78, 5) is 0. The van der Waals surface area contributed by atoms with Crippen LogP contribution in [0, 0.1) is 11.3 Å². The number of rotatable bonds is 3. The van der Waals surface area contributed by atoms with E-state index in [0.29, 0.717) is 26.6 Å². The molecular weight excluding hydrogens is 305 g/mol. The molecule has 0 spiro atoms. The van der Waals surface area contributed by atoms with Crippen LogP contribution in [0.2, 0.25) is 10.0 Å². The maximum absolute atomic E-state index is 8.78. The van der Waals surface area contributed by atoms with Crippen LogP contribution >= 0.6 is 35.0 Å². The predicted molar refractivity (Wildman–Crippen MR) is 76.6 cm³/mol. The van der Waals surface area contributed by atoms with E-state index in [4.69, 9.17) is 34.3 Å². The quantitative estimate of drug-likeness (QED) is 0.696. The molecule has 2 aromatic rings. The van der Waals surface area contributed by atoms with Crippen molar-refractivity contribution in [2.24, 2.45) is 0 Å². The lowest BCUT2D eigenvalue weighted by molar-refractivity contribution is 0.848. The van der Waals surface area contributed by atoms with Crippen molar-refractivity contribution in [2.45, 2.75) is 17.3 Å². The van der Waals surface area contributed by atoms with E-state index in [1.54, 1.807) is 25.1 Å². The number of hydrogen-bond donors (Lipinski definition) is 1. The fourth-order valence-electron chi connectivity index (χ4n) is 1.40. The molecule has 0 unspecified atom stereocenters. The summed E-state index contributed by atoms with van der Waals surface area (Å²) in [6.45, 7) is 1.76. The molecule has 19 heavy (non-hydrogen) atoms. The first-order valence-electron chi connectivity index (χ1n) is 5.25. The van der Waals surface area contributed by atoms with E-state index < -0.39 is 0 Å². The van der Waals surface area contributed by atoms with Crippen LogP contribution in [0.3, 0.4) is 0 Å². The van der Waals surface area contributed by atoms with Crippen LogP contribution in [-0.2, 0) is 0 Å². The highest BCUT2D eigenvalue weighted by Crippen LogP contribution is 2.30. The van der Waals surface area contributed by atoms with Gasteiger partial charge in [0.2, 0.25) is 5.16 Å². The SMILES string of the molecule is C[C@H](C#N)Sc1nnc(-c2ccc(Cl)cc2Cl)n1N. The zero-order valence-electron chi connectivity index (χ0n) is 9.84. The zero-order valence-corrected chi connectivity index (χ0v) is 12.2. The fraction of sp³-hybridized carbons (Fsp3) is 0.182. The van der Waals surface area contributed by atoms with Crippen LogP contribution in [0.15, 0.2) is 23.4 Å². The number of thioether (sulfide) groups is 1. The summed E-state index contributed by atoms with van der Waals surface area (Å²) in [5, 5.41) is 17.9. The van der Waals surface area contributed by atoms with Gasteiger partial charge >= 0.3 is 0 Å². The largest absolute Gasteiger partial charge is 0.335 e. The Morgan fingerprint density at radius 2 is 2.16 bits per heavy atom. The molecule has 0 fully saturated rings. The normalized spacial score (nSPS) is 12.1. The number of nitriles is 1. The van der Waals surface area contributed by atoms with E-state index in [1.165, 1.54) is 16.4 Å². The molecule has 1 aromatic heterocycles. The van der Waals surface area contributed by atoms with Gasteiger partial charge in [0, 0.05) is 10.6 Å². The highest BCUT2D eigenvalue weighted by Gasteiger charge is 2.16. The Balaban J connectivity index is 2.39. The monoisotopic (exact) mass is 313 g/mol. The fourth-order valence-corrected chi connectivity index (χ4v) is 2.55. The van der Waals surface area contributed by atoms with Gasteiger partial charge in [-0.3, -0.25) is 0 Å². The topological polar surface area (TPSA) is 80.5 Å². The lowest BCUT2D eigenvalue weighted by atomic mass is 10.2. The molecule has 98 valence electrons. The Morgan fingerprint density at radius 1 is 1.42 bits per heavy atom. The van der Waals surface area contributed by atoms with E-state index in [2.05, 4.69) is 16.3 Å². The van der Waals surface area contributed by atoms with E-state index in [-0.39, 0.29) is 5.25 Å². The lowest BCUT2D eigenvalue weighted by Gasteiger charge is -2.06. The average Bonchev–Trinajstić information content (AvgIpc) is 2.71. The molecular formula is C11H9Cl2N5S. The summed E-state index contributed by atoms with van der Waals surface area (Å²) in [7, 11) is 0. The van der Waals surface area contributed by atoms with Crippen molar-refractivity contribution in [3.63, 3.8) is 0 Å². The van der Waals surface area contributed by atoms with Crippen molar-refractivity contribution in [3.8, 4) is 17.5 Å². The van der Waals surface area contributed by atoms with E-state index in [9.17, 15) is 0 Å². The minimum Gasteiger partial charge on any atom is -0.335 e. The van der Waals surface area contributed by atoms with Crippen molar-refractivity contribution >= 4 is 35.0 Å². The van der Waals surface area contributed by atoms with Crippen LogP contribution in [0.1, 0.15) is 6.92 Å². The summed E-state index contributed by atoms with van der Waals surface area (Å²) in [6, 6.07) is 7.12. The first kappa shape index (κ1) is 14.0. The molecule has 0 saturated heterocycles. The van der Waals surface area contributed by atoms with E-state index >= 15 is 0 Å². The molecule has 8 heteroatoms. The lowest BCUT2D eigenvalue weighted by Crippen LogP contribution is -2.12. The minimum atomic E-state index is -0.264. The van der Waals surface area contributed by atoms with Gasteiger partial charge in [0.25, 0.3) is 0 Å². The van der Waals surface area contributed by atoms with Gasteiger partial charge in [-0.2, -0.15) is 5.26 Å². The third kappa shape index (κ3) is 2.95. The Labute approximate surface area is 124 Å². The first-order valence-corrected chi connectivity index (χ1v) is 6.88. The second-order valence-corrected chi connectivity index (χ2v) is 5.84. The summed E-state index contributed by atoms with van der Waals surface area (Å²) in [6.07, 6.45) is 0. The molecule has 0 amide bonds. The Morgan fingerprint density at radius 3 is 2.79 bits per heavy atom. The molecule has 2 N–H and O–H groups in total. The molecule has 0 aliphatic heterocycles. The second kappa shape index (κ2) is 5.70. The average molecular weight is 314 g/mol. The van der Waals surface area contributed by atoms with Gasteiger partial charge in [0.05, 0.1) is 16.3 Å². The van der Waals surface area contributed by atoms with Crippen molar-refractivity contribution in [1.29, 1.82) is 5.26 Å². The van der Waals surface area contributed by atoms with E-state index in [0.717, 1.165) is 0 Å². The standard InChI is InChI=1S/C11H9Cl2N5S/c1-6(5-14)19-11-17-16-10(18(11)15)8-3-2-7(12)4-9(8)13/h2-4,6H,15H2,1H3/t6-/m1/s1. The summed E-state index contributed by atoms with van der Waals surface area (Å²) < 4.78 is 1.31. The smallest absolute Gasteiger partial charge is 0.211 e. The number of hydrogen-bond acceptors (Lipinski definition) is 5. The summed E-state index contributed by atoms with van der Waals surface area (Å²) >= 11 is 13.2. The second-order valence-electron chi connectivity index (χ2n) is 3.69. The van der Waals surface area contributed by atoms with Gasteiger partial charge < -0.3 is 5.84 Å². The minimum absolute atomic E-state index is 0.264. The summed E-state index contributed by atoms with van der Waals surface area (Å²) in [5.41, 5.74) is 0.637. The van der Waals surface area contributed by atoms with Gasteiger partial charge in [-0.05, 0) is 25.1 Å². The van der Waals surface area contributed by atoms with Gasteiger partial charge in [-0.25, -0.2) is 4.68 Å². The highest BCUT2D eigenvalue weighted by molar-refractivity contribution is 8.00. The highest BCUT2D eigenvalue weighted by atomic mass is 35.5. The number of nitrogens with zero attached hydrogens (tertiary/aromatic N) is 4. The molecule has 1 heterocycles. The van der Waals surface area contributed by atoms with Gasteiger partial charge in [-0.15, -0.1) is 10.2 Å². The predicted octanol–water partition coefficient (Wildman–Crippen LogP) is 2.97. The van der Waals surface area contributed by atoms with Gasteiger partial charge in [0.15, 0.2) is 5.82 Å². The molecule has 1 atom stereocenters. The third-order valence-corrected chi connectivity index (χ3v) is 3.80. The summed E-state index contributed by atoms with van der Waals surface area (Å²) in [5.74, 6) is 6.34. The maximum Gasteiger partial charge on any atom is 0.211 e. The molecule has 0 radical (unpaired) electrons. The molecule has 0 aliphatic carbocycles. The van der Waals surface area contributed by atoms with Crippen LogP contribution in [0.25, 0.3) is 11.4 Å². The van der Waals surface area contributed by atoms with Crippen LogP contribution in [-0.4, -0.2) is 20.1 Å². The Kier molecular flexibility index (Phi) is 4.20. The van der Waals surface area contributed by atoms with Crippen LogP contribution in [0.5, 0.6) is 0 Å². The number of halogens is 2. The zero-order chi connectivity index (χ0) is 14.0.